The van der Waals surface area contributed by atoms with Crippen LogP contribution in [0.3, 0.4) is 0 Å². The summed E-state index contributed by atoms with van der Waals surface area (Å²) in [6, 6.07) is 12.3. The summed E-state index contributed by atoms with van der Waals surface area (Å²) in [5.41, 5.74) is 1.98. The van der Waals surface area contributed by atoms with E-state index in [9.17, 15) is 9.59 Å². The van der Waals surface area contributed by atoms with Crippen LogP contribution in [0.15, 0.2) is 42.5 Å². The molecule has 0 saturated carbocycles. The van der Waals surface area contributed by atoms with Crippen LogP contribution in [0.1, 0.15) is 35.9 Å². The fourth-order valence-corrected chi connectivity index (χ4v) is 3.32. The van der Waals surface area contributed by atoms with E-state index >= 15 is 0 Å². The third kappa shape index (κ3) is 4.93. The second-order valence-corrected chi connectivity index (χ2v) is 7.07. The molecule has 3 rings (SSSR count). The van der Waals surface area contributed by atoms with E-state index < -0.39 is 5.91 Å². The summed E-state index contributed by atoms with van der Waals surface area (Å²) in [5, 5.41) is 10.6. The smallest absolute Gasteiger partial charge is 0.291 e. The van der Waals surface area contributed by atoms with Crippen molar-refractivity contribution >= 4 is 40.7 Å². The van der Waals surface area contributed by atoms with E-state index in [1.807, 2.05) is 13.0 Å². The van der Waals surface area contributed by atoms with Gasteiger partial charge < -0.3 is 10.6 Å². The van der Waals surface area contributed by atoms with Gasteiger partial charge in [0.15, 0.2) is 0 Å². The lowest BCUT2D eigenvalue weighted by Gasteiger charge is -2.08. The molecule has 7 nitrogen and oxygen atoms in total. The number of nitrogens with zero attached hydrogens (tertiary/aromatic N) is 3. The number of carbonyl (C=O) groups is 2. The Balaban J connectivity index is 1.79. The van der Waals surface area contributed by atoms with Gasteiger partial charge in [-0.15, -0.1) is 5.10 Å². The molecule has 9 heteroatoms. The minimum atomic E-state index is -0.424. The summed E-state index contributed by atoms with van der Waals surface area (Å²) in [6.45, 7) is 3.60. The van der Waals surface area contributed by atoms with Gasteiger partial charge in [-0.1, -0.05) is 48.3 Å². The van der Waals surface area contributed by atoms with Crippen molar-refractivity contribution in [3.05, 3.63) is 69.7 Å². The first-order valence-electron chi connectivity index (χ1n) is 8.94. The van der Waals surface area contributed by atoms with Gasteiger partial charge in [0.05, 0.1) is 10.0 Å². The molecule has 3 aromatic rings. The molecule has 2 amide bonds. The van der Waals surface area contributed by atoms with E-state index in [-0.39, 0.29) is 18.3 Å². The van der Waals surface area contributed by atoms with Crippen molar-refractivity contribution in [3.8, 4) is 5.69 Å². The zero-order chi connectivity index (χ0) is 21.0. The molecular formula is C20H19Cl2N5O2. The van der Waals surface area contributed by atoms with E-state index in [4.69, 9.17) is 23.2 Å². The average Bonchev–Trinajstić information content (AvgIpc) is 3.10. The lowest BCUT2D eigenvalue weighted by Crippen LogP contribution is -2.24. The van der Waals surface area contributed by atoms with Gasteiger partial charge in [0, 0.05) is 25.6 Å². The maximum absolute atomic E-state index is 12.6. The van der Waals surface area contributed by atoms with Crippen molar-refractivity contribution in [1.29, 1.82) is 0 Å². The van der Waals surface area contributed by atoms with Gasteiger partial charge in [0.2, 0.25) is 11.7 Å². The van der Waals surface area contributed by atoms with Crippen molar-refractivity contribution in [1.82, 2.24) is 20.1 Å². The second-order valence-electron chi connectivity index (χ2n) is 6.25. The minimum Gasteiger partial charge on any atom is -0.345 e. The summed E-state index contributed by atoms with van der Waals surface area (Å²) in [5.74, 6) is 0.00599. The molecule has 0 aliphatic rings. The highest BCUT2D eigenvalue weighted by molar-refractivity contribution is 6.37. The Hall–Kier alpha value is -2.90. The number of hydrogen-bond donors (Lipinski definition) is 2. The lowest BCUT2D eigenvalue weighted by molar-refractivity contribution is -0.114. The fraction of sp³-hybridized carbons (Fsp3) is 0.200. The molecule has 0 unspecified atom stereocenters. The zero-order valence-corrected chi connectivity index (χ0v) is 17.4. The van der Waals surface area contributed by atoms with Gasteiger partial charge in [0.1, 0.15) is 11.5 Å². The van der Waals surface area contributed by atoms with Crippen molar-refractivity contribution < 1.29 is 9.59 Å². The number of aromatic nitrogens is 3. The third-order valence-electron chi connectivity index (χ3n) is 4.04. The van der Waals surface area contributed by atoms with Crippen LogP contribution >= 0.6 is 23.2 Å². The van der Waals surface area contributed by atoms with Crippen LogP contribution in [0.5, 0.6) is 0 Å². The van der Waals surface area contributed by atoms with Gasteiger partial charge in [-0.25, -0.2) is 9.67 Å². The van der Waals surface area contributed by atoms with Crippen molar-refractivity contribution in [2.45, 2.75) is 26.8 Å². The van der Waals surface area contributed by atoms with Crippen molar-refractivity contribution in [2.75, 3.05) is 5.32 Å². The molecule has 0 bridgehead atoms. The average molecular weight is 432 g/mol. The summed E-state index contributed by atoms with van der Waals surface area (Å²) in [4.78, 5) is 28.1. The van der Waals surface area contributed by atoms with Crippen LogP contribution in [0, 0.1) is 0 Å². The maximum atomic E-state index is 12.6. The first-order chi connectivity index (χ1) is 13.9. The summed E-state index contributed by atoms with van der Waals surface area (Å²) in [6.07, 6.45) is 0.542. The number of rotatable bonds is 6. The number of para-hydroxylation sites is 1. The molecule has 1 aromatic heterocycles. The number of hydrogen-bond acceptors (Lipinski definition) is 4. The predicted octanol–water partition coefficient (Wildman–Crippen LogP) is 4.02. The Bertz CT molecular complexity index is 1040. The second kappa shape index (κ2) is 9.07. The number of nitrogens with one attached hydrogen (secondary N) is 2. The van der Waals surface area contributed by atoms with E-state index in [1.54, 1.807) is 36.4 Å². The van der Waals surface area contributed by atoms with Crippen LogP contribution in [-0.2, 0) is 17.8 Å². The highest BCUT2D eigenvalue weighted by Crippen LogP contribution is 2.28. The molecule has 0 aliphatic carbocycles. The van der Waals surface area contributed by atoms with Gasteiger partial charge >= 0.3 is 0 Å². The van der Waals surface area contributed by atoms with Crippen LogP contribution < -0.4 is 10.6 Å². The van der Waals surface area contributed by atoms with Crippen LogP contribution in [-0.4, -0.2) is 26.6 Å². The quantitative estimate of drug-likeness (QED) is 0.616. The first kappa shape index (κ1) is 20.8. The molecular weight excluding hydrogens is 413 g/mol. The molecule has 0 aliphatic heterocycles. The molecule has 29 heavy (non-hydrogen) atoms. The van der Waals surface area contributed by atoms with Gasteiger partial charge in [-0.3, -0.25) is 9.59 Å². The van der Waals surface area contributed by atoms with E-state index in [2.05, 4.69) is 20.7 Å². The number of amides is 2. The zero-order valence-electron chi connectivity index (χ0n) is 15.9. The Labute approximate surface area is 178 Å². The lowest BCUT2D eigenvalue weighted by atomic mass is 10.2. The summed E-state index contributed by atoms with van der Waals surface area (Å²) in [7, 11) is 0. The molecule has 0 saturated heterocycles. The van der Waals surface area contributed by atoms with Gasteiger partial charge in [-0.2, -0.15) is 0 Å². The summed E-state index contributed by atoms with van der Waals surface area (Å²) >= 11 is 12.5. The normalized spacial score (nSPS) is 10.6. The Morgan fingerprint density at radius 2 is 1.79 bits per heavy atom. The number of aryl methyl sites for hydroxylation is 1. The third-order valence-corrected chi connectivity index (χ3v) is 4.65. The molecule has 0 fully saturated rings. The molecule has 0 spiro atoms. The molecule has 150 valence electrons. The molecule has 0 radical (unpaired) electrons. The standard InChI is InChI=1S/C20H19Cl2N5O2/c1-3-17-25-19(26-27(17)18-15(21)8-5-9-16(18)22)20(29)23-11-13-6-4-7-14(10-13)24-12(2)28/h4-10H,3,11H2,1-2H3,(H,23,29)(H,24,28). The van der Waals surface area contributed by atoms with Crippen LogP contribution in [0.2, 0.25) is 10.0 Å². The number of halogens is 2. The number of benzene rings is 2. The maximum Gasteiger partial charge on any atom is 0.291 e. The van der Waals surface area contributed by atoms with E-state index in [1.165, 1.54) is 11.6 Å². The summed E-state index contributed by atoms with van der Waals surface area (Å²) < 4.78 is 1.50. The van der Waals surface area contributed by atoms with Crippen molar-refractivity contribution in [2.24, 2.45) is 0 Å². The number of anilines is 1. The largest absolute Gasteiger partial charge is 0.345 e. The number of carbonyl (C=O) groups excluding carboxylic acids is 2. The van der Waals surface area contributed by atoms with Gasteiger partial charge in [0.25, 0.3) is 5.91 Å². The Morgan fingerprint density at radius 1 is 1.10 bits per heavy atom. The SMILES string of the molecule is CCc1nc(C(=O)NCc2cccc(NC(C)=O)c2)nn1-c1c(Cl)cccc1Cl. The van der Waals surface area contributed by atoms with Gasteiger partial charge in [-0.05, 0) is 29.8 Å². The molecule has 2 N–H and O–H groups in total. The topological polar surface area (TPSA) is 88.9 Å². The first-order valence-corrected chi connectivity index (χ1v) is 9.69. The molecule has 1 heterocycles. The van der Waals surface area contributed by atoms with Crippen LogP contribution in [0.4, 0.5) is 5.69 Å². The Kier molecular flexibility index (Phi) is 6.51. The monoisotopic (exact) mass is 431 g/mol. The van der Waals surface area contributed by atoms with Crippen LogP contribution in [0.25, 0.3) is 5.69 Å². The molecule has 0 atom stereocenters. The highest BCUT2D eigenvalue weighted by atomic mass is 35.5. The minimum absolute atomic E-state index is 0.0239. The Morgan fingerprint density at radius 3 is 2.45 bits per heavy atom. The molecule has 2 aromatic carbocycles. The van der Waals surface area contributed by atoms with Crippen molar-refractivity contribution in [3.63, 3.8) is 0 Å². The fourth-order valence-electron chi connectivity index (χ4n) is 2.76. The van der Waals surface area contributed by atoms with E-state index in [0.29, 0.717) is 33.7 Å². The predicted molar refractivity (Wildman–Crippen MR) is 113 cm³/mol. The highest BCUT2D eigenvalue weighted by Gasteiger charge is 2.19. The van der Waals surface area contributed by atoms with E-state index in [0.717, 1.165) is 5.56 Å².